The SMILES string of the molecule is CCC(OC(=O)c1cccc(Br)c1C(=O)O)C(C)C. The van der Waals surface area contributed by atoms with Gasteiger partial charge in [-0.3, -0.25) is 0 Å². The summed E-state index contributed by atoms with van der Waals surface area (Å²) in [7, 11) is 0. The van der Waals surface area contributed by atoms with E-state index in [0.717, 1.165) is 0 Å². The Morgan fingerprint density at radius 2 is 2.00 bits per heavy atom. The second-order valence-corrected chi connectivity index (χ2v) is 5.42. The number of benzene rings is 1. The number of halogens is 1. The molecule has 0 aromatic heterocycles. The van der Waals surface area contributed by atoms with Crippen molar-refractivity contribution < 1.29 is 19.4 Å². The minimum absolute atomic E-state index is 0.0638. The Morgan fingerprint density at radius 1 is 1.37 bits per heavy atom. The number of ether oxygens (including phenoxy) is 1. The molecule has 0 aliphatic heterocycles. The van der Waals surface area contributed by atoms with E-state index in [1.165, 1.54) is 6.07 Å². The van der Waals surface area contributed by atoms with Gasteiger partial charge < -0.3 is 9.84 Å². The van der Waals surface area contributed by atoms with Crippen LogP contribution in [0.25, 0.3) is 0 Å². The molecule has 1 atom stereocenters. The first-order chi connectivity index (χ1) is 8.88. The number of carboxylic acids is 1. The Morgan fingerprint density at radius 3 is 2.47 bits per heavy atom. The Labute approximate surface area is 120 Å². The maximum absolute atomic E-state index is 12.1. The van der Waals surface area contributed by atoms with Gasteiger partial charge in [0.15, 0.2) is 0 Å². The Balaban J connectivity index is 3.07. The summed E-state index contributed by atoms with van der Waals surface area (Å²) in [4.78, 5) is 23.3. The van der Waals surface area contributed by atoms with E-state index in [2.05, 4.69) is 15.9 Å². The molecule has 19 heavy (non-hydrogen) atoms. The van der Waals surface area contributed by atoms with Crippen molar-refractivity contribution in [2.45, 2.75) is 33.3 Å². The third kappa shape index (κ3) is 3.80. The fourth-order valence-corrected chi connectivity index (χ4v) is 2.34. The zero-order valence-electron chi connectivity index (χ0n) is 11.1. The monoisotopic (exact) mass is 328 g/mol. The number of carbonyl (C=O) groups excluding carboxylic acids is 1. The number of carbonyl (C=O) groups is 2. The highest BCUT2D eigenvalue weighted by Gasteiger charge is 2.23. The van der Waals surface area contributed by atoms with Crippen LogP contribution in [0, 0.1) is 5.92 Å². The zero-order valence-corrected chi connectivity index (χ0v) is 12.7. The Kier molecular flexibility index (Phi) is 5.54. The van der Waals surface area contributed by atoms with Gasteiger partial charge in [0.1, 0.15) is 6.10 Å². The number of hydrogen-bond donors (Lipinski definition) is 1. The van der Waals surface area contributed by atoms with Crippen molar-refractivity contribution in [3.63, 3.8) is 0 Å². The number of carboxylic acid groups (broad SMARTS) is 1. The molecule has 4 nitrogen and oxygen atoms in total. The minimum Gasteiger partial charge on any atom is -0.478 e. The van der Waals surface area contributed by atoms with Crippen molar-refractivity contribution in [1.82, 2.24) is 0 Å². The number of aromatic carboxylic acids is 1. The molecule has 0 saturated carbocycles. The van der Waals surface area contributed by atoms with Gasteiger partial charge in [0.05, 0.1) is 11.1 Å². The second-order valence-electron chi connectivity index (χ2n) is 4.56. The van der Waals surface area contributed by atoms with Gasteiger partial charge in [-0.25, -0.2) is 9.59 Å². The lowest BCUT2D eigenvalue weighted by molar-refractivity contribution is 0.0169. The molecule has 1 unspecified atom stereocenters. The van der Waals surface area contributed by atoms with Crippen molar-refractivity contribution in [3.8, 4) is 0 Å². The average Bonchev–Trinajstić information content (AvgIpc) is 2.34. The van der Waals surface area contributed by atoms with Crippen LogP contribution in [0.1, 0.15) is 47.9 Å². The molecule has 1 N–H and O–H groups in total. The third-order valence-corrected chi connectivity index (χ3v) is 3.51. The smallest absolute Gasteiger partial charge is 0.339 e. The topological polar surface area (TPSA) is 63.6 Å². The fraction of sp³-hybridized carbons (Fsp3) is 0.429. The van der Waals surface area contributed by atoms with Crippen molar-refractivity contribution in [1.29, 1.82) is 0 Å². The van der Waals surface area contributed by atoms with Crippen LogP contribution in [-0.2, 0) is 4.74 Å². The summed E-state index contributed by atoms with van der Waals surface area (Å²) in [5, 5.41) is 9.16. The fourth-order valence-electron chi connectivity index (χ4n) is 1.80. The van der Waals surface area contributed by atoms with Crippen LogP contribution < -0.4 is 0 Å². The van der Waals surface area contributed by atoms with Crippen molar-refractivity contribution >= 4 is 27.9 Å². The van der Waals surface area contributed by atoms with Crippen LogP contribution >= 0.6 is 15.9 Å². The summed E-state index contributed by atoms with van der Waals surface area (Å²) in [6.45, 7) is 5.85. The van der Waals surface area contributed by atoms with E-state index in [9.17, 15) is 9.59 Å². The van der Waals surface area contributed by atoms with E-state index in [4.69, 9.17) is 9.84 Å². The van der Waals surface area contributed by atoms with E-state index in [1.807, 2.05) is 20.8 Å². The highest BCUT2D eigenvalue weighted by atomic mass is 79.9. The van der Waals surface area contributed by atoms with Crippen LogP contribution in [0.2, 0.25) is 0 Å². The zero-order chi connectivity index (χ0) is 14.6. The van der Waals surface area contributed by atoms with Crippen molar-refractivity contribution in [3.05, 3.63) is 33.8 Å². The molecule has 1 aromatic carbocycles. The van der Waals surface area contributed by atoms with Gasteiger partial charge in [-0.15, -0.1) is 0 Å². The lowest BCUT2D eigenvalue weighted by atomic mass is 10.0. The Hall–Kier alpha value is -1.36. The van der Waals surface area contributed by atoms with Crippen LogP contribution in [0.15, 0.2) is 22.7 Å². The lowest BCUT2D eigenvalue weighted by Gasteiger charge is -2.20. The van der Waals surface area contributed by atoms with Crippen LogP contribution in [0.3, 0.4) is 0 Å². The van der Waals surface area contributed by atoms with Crippen LogP contribution in [0.5, 0.6) is 0 Å². The van der Waals surface area contributed by atoms with Gasteiger partial charge >= 0.3 is 11.9 Å². The highest BCUT2D eigenvalue weighted by molar-refractivity contribution is 9.10. The predicted octanol–water partition coefficient (Wildman–Crippen LogP) is 3.74. The summed E-state index contributed by atoms with van der Waals surface area (Å²) >= 11 is 3.14. The maximum atomic E-state index is 12.1. The molecule has 0 aliphatic rings. The van der Waals surface area contributed by atoms with Crippen LogP contribution in [-0.4, -0.2) is 23.1 Å². The van der Waals surface area contributed by atoms with Crippen molar-refractivity contribution in [2.75, 3.05) is 0 Å². The van der Waals surface area contributed by atoms with Gasteiger partial charge in [0.2, 0.25) is 0 Å². The molecule has 1 aromatic rings. The molecule has 0 radical (unpaired) electrons. The first kappa shape index (κ1) is 15.7. The lowest BCUT2D eigenvalue weighted by Crippen LogP contribution is -2.24. The summed E-state index contributed by atoms with van der Waals surface area (Å²) in [5.41, 5.74) is 0.00656. The molecule has 0 aliphatic carbocycles. The maximum Gasteiger partial charge on any atom is 0.339 e. The van der Waals surface area contributed by atoms with Crippen molar-refractivity contribution in [2.24, 2.45) is 5.92 Å². The number of hydrogen-bond acceptors (Lipinski definition) is 3. The molecule has 1 rings (SSSR count). The third-order valence-electron chi connectivity index (χ3n) is 2.85. The molecule has 104 valence electrons. The molecular formula is C14H17BrO4. The van der Waals surface area contributed by atoms with Gasteiger partial charge in [0, 0.05) is 4.47 Å². The van der Waals surface area contributed by atoms with Crippen LogP contribution in [0.4, 0.5) is 0 Å². The molecule has 0 saturated heterocycles. The number of rotatable bonds is 5. The summed E-state index contributed by atoms with van der Waals surface area (Å²) in [6.07, 6.45) is 0.480. The van der Waals surface area contributed by atoms with E-state index in [0.29, 0.717) is 10.9 Å². The van der Waals surface area contributed by atoms with E-state index >= 15 is 0 Å². The molecule has 0 bridgehead atoms. The first-order valence-electron chi connectivity index (χ1n) is 6.11. The average molecular weight is 329 g/mol. The van der Waals surface area contributed by atoms with E-state index in [-0.39, 0.29) is 23.1 Å². The van der Waals surface area contributed by atoms with Gasteiger partial charge in [-0.2, -0.15) is 0 Å². The minimum atomic E-state index is -1.16. The van der Waals surface area contributed by atoms with Gasteiger partial charge in [-0.05, 0) is 40.4 Å². The largest absolute Gasteiger partial charge is 0.478 e. The molecule has 0 spiro atoms. The molecule has 0 fully saturated rings. The summed E-state index contributed by atoms with van der Waals surface area (Å²) < 4.78 is 5.74. The molecular weight excluding hydrogens is 312 g/mol. The highest BCUT2D eigenvalue weighted by Crippen LogP contribution is 2.23. The quantitative estimate of drug-likeness (QED) is 0.836. The Bertz CT molecular complexity index is 482. The second kappa shape index (κ2) is 6.70. The summed E-state index contributed by atoms with van der Waals surface area (Å²) in [6, 6.07) is 4.66. The van der Waals surface area contributed by atoms with Gasteiger partial charge in [0.25, 0.3) is 0 Å². The number of esters is 1. The van der Waals surface area contributed by atoms with Gasteiger partial charge in [-0.1, -0.05) is 26.8 Å². The first-order valence-corrected chi connectivity index (χ1v) is 6.90. The summed E-state index contributed by atoms with van der Waals surface area (Å²) in [5.74, 6) is -1.56. The molecule has 0 amide bonds. The predicted molar refractivity (Wildman–Crippen MR) is 75.4 cm³/mol. The molecule has 5 heteroatoms. The normalized spacial score (nSPS) is 12.3. The standard InChI is InChI=1S/C14H17BrO4/c1-4-11(8(2)3)19-14(18)9-6-5-7-10(15)12(9)13(16)17/h5-8,11H,4H2,1-3H3,(H,16,17). The van der Waals surface area contributed by atoms with E-state index in [1.54, 1.807) is 12.1 Å². The van der Waals surface area contributed by atoms with E-state index < -0.39 is 11.9 Å². The molecule has 0 heterocycles.